The van der Waals surface area contributed by atoms with E-state index in [2.05, 4.69) is 0 Å². The van der Waals surface area contributed by atoms with Crippen LogP contribution in [0.2, 0.25) is 5.02 Å². The zero-order valence-corrected chi connectivity index (χ0v) is 19.7. The highest BCUT2D eigenvalue weighted by Gasteiger charge is 2.24. The number of rotatable bonds is 5. The molecule has 1 saturated heterocycles. The quantitative estimate of drug-likeness (QED) is 0.516. The lowest BCUT2D eigenvalue weighted by atomic mass is 10.1. The summed E-state index contributed by atoms with van der Waals surface area (Å²) in [5.74, 6) is 0.463. The summed E-state index contributed by atoms with van der Waals surface area (Å²) < 4.78 is 33.5. The Balaban J connectivity index is 1.63. The van der Waals surface area contributed by atoms with E-state index in [1.165, 1.54) is 54.4 Å². The fraction of sp³-hybridized carbons (Fsp3) is 0.318. The fourth-order valence-corrected chi connectivity index (χ4v) is 6.24. The Hall–Kier alpha value is -2.29. The number of piperidine rings is 1. The first-order valence-corrected chi connectivity index (χ1v) is 12.6. The van der Waals surface area contributed by atoms with Crippen LogP contribution >= 0.6 is 22.9 Å². The molecule has 1 amide bonds. The number of likely N-dealkylation sites (tertiary alicyclic amines) is 1. The van der Waals surface area contributed by atoms with Gasteiger partial charge in [0.05, 0.1) is 27.6 Å². The minimum atomic E-state index is -3.81. The molecule has 0 radical (unpaired) electrons. The molecule has 4 rings (SSSR count). The smallest absolute Gasteiger partial charge is 0.264 e. The van der Waals surface area contributed by atoms with Crippen molar-refractivity contribution in [2.75, 3.05) is 31.6 Å². The van der Waals surface area contributed by atoms with Crippen molar-refractivity contribution < 1.29 is 17.9 Å². The second-order valence-electron chi connectivity index (χ2n) is 7.45. The van der Waals surface area contributed by atoms with Crippen molar-refractivity contribution >= 4 is 54.6 Å². The predicted molar refractivity (Wildman–Crippen MR) is 125 cm³/mol. The molecule has 164 valence electrons. The molecular formula is C22H23ClN2O4S2. The number of anilines is 1. The van der Waals surface area contributed by atoms with Gasteiger partial charge in [-0.05, 0) is 67.1 Å². The van der Waals surface area contributed by atoms with Crippen molar-refractivity contribution in [1.29, 1.82) is 0 Å². The van der Waals surface area contributed by atoms with Crippen LogP contribution < -0.4 is 9.04 Å². The second-order valence-corrected chi connectivity index (χ2v) is 10.9. The maximum Gasteiger partial charge on any atom is 0.264 e. The molecule has 3 aromatic rings. The lowest BCUT2D eigenvalue weighted by Gasteiger charge is -2.26. The predicted octanol–water partition coefficient (Wildman–Crippen LogP) is 5.01. The maximum atomic E-state index is 13.1. The number of ether oxygens (including phenoxy) is 1. The fourth-order valence-electron chi connectivity index (χ4n) is 3.69. The molecule has 1 fully saturated rings. The van der Waals surface area contributed by atoms with Crippen molar-refractivity contribution in [3.63, 3.8) is 0 Å². The van der Waals surface area contributed by atoms with Gasteiger partial charge in [-0.1, -0.05) is 11.6 Å². The van der Waals surface area contributed by atoms with Gasteiger partial charge in [-0.2, -0.15) is 0 Å². The topological polar surface area (TPSA) is 66.9 Å². The van der Waals surface area contributed by atoms with Crippen LogP contribution in [-0.4, -0.2) is 46.5 Å². The highest BCUT2D eigenvalue weighted by atomic mass is 35.5. The van der Waals surface area contributed by atoms with Crippen LogP contribution in [0, 0.1) is 0 Å². The van der Waals surface area contributed by atoms with E-state index in [0.29, 0.717) is 16.3 Å². The van der Waals surface area contributed by atoms with Crippen molar-refractivity contribution in [2.45, 2.75) is 24.2 Å². The largest absolute Gasteiger partial charge is 0.495 e. The van der Waals surface area contributed by atoms with Gasteiger partial charge in [0.1, 0.15) is 5.75 Å². The van der Waals surface area contributed by atoms with Crippen LogP contribution in [0.3, 0.4) is 0 Å². The molecule has 1 aliphatic rings. The Kier molecular flexibility index (Phi) is 6.14. The van der Waals surface area contributed by atoms with E-state index in [0.717, 1.165) is 36.0 Å². The Morgan fingerprint density at radius 2 is 1.84 bits per heavy atom. The minimum Gasteiger partial charge on any atom is -0.495 e. The van der Waals surface area contributed by atoms with E-state index in [-0.39, 0.29) is 15.8 Å². The second kappa shape index (κ2) is 8.68. The summed E-state index contributed by atoms with van der Waals surface area (Å²) in [6.45, 7) is 1.59. The number of amides is 1. The van der Waals surface area contributed by atoms with Crippen LogP contribution in [-0.2, 0) is 10.0 Å². The maximum absolute atomic E-state index is 13.1. The monoisotopic (exact) mass is 478 g/mol. The summed E-state index contributed by atoms with van der Waals surface area (Å²) in [4.78, 5) is 15.5. The Labute approximate surface area is 191 Å². The van der Waals surface area contributed by atoms with Gasteiger partial charge in [-0.15, -0.1) is 11.3 Å². The molecule has 0 spiro atoms. The third-order valence-corrected chi connectivity index (χ3v) is 8.68. The first-order chi connectivity index (χ1) is 14.8. The van der Waals surface area contributed by atoms with Gasteiger partial charge in [0.15, 0.2) is 0 Å². The Morgan fingerprint density at radius 3 is 2.52 bits per heavy atom. The molecule has 6 nitrogen and oxygen atoms in total. The number of carbonyl (C=O) groups excluding carboxylic acids is 1. The van der Waals surface area contributed by atoms with Gasteiger partial charge in [0, 0.05) is 24.8 Å². The van der Waals surface area contributed by atoms with E-state index in [1.807, 2.05) is 17.0 Å². The number of benzene rings is 2. The Bertz CT molecular complexity index is 1230. The van der Waals surface area contributed by atoms with Crippen LogP contribution in [0.25, 0.3) is 10.1 Å². The molecule has 9 heteroatoms. The van der Waals surface area contributed by atoms with Gasteiger partial charge < -0.3 is 9.64 Å². The van der Waals surface area contributed by atoms with E-state index < -0.39 is 10.0 Å². The summed E-state index contributed by atoms with van der Waals surface area (Å²) in [7, 11) is -0.838. The van der Waals surface area contributed by atoms with Gasteiger partial charge in [0.2, 0.25) is 0 Å². The van der Waals surface area contributed by atoms with Gasteiger partial charge in [0.25, 0.3) is 15.9 Å². The number of carbonyl (C=O) groups is 1. The molecule has 2 aromatic carbocycles. The third kappa shape index (κ3) is 4.24. The number of hydrogen-bond acceptors (Lipinski definition) is 5. The van der Waals surface area contributed by atoms with Crippen LogP contribution in [0.5, 0.6) is 5.75 Å². The lowest BCUT2D eigenvalue weighted by molar-refractivity contribution is 0.0729. The summed E-state index contributed by atoms with van der Waals surface area (Å²) in [6.07, 6.45) is 3.25. The molecule has 0 N–H and O–H groups in total. The molecule has 31 heavy (non-hydrogen) atoms. The van der Waals surface area contributed by atoms with E-state index in [4.69, 9.17) is 16.3 Å². The number of methoxy groups -OCH3 is 1. The number of sulfonamides is 1. The highest BCUT2D eigenvalue weighted by Crippen LogP contribution is 2.33. The van der Waals surface area contributed by atoms with Crippen LogP contribution in [0.4, 0.5) is 5.69 Å². The summed E-state index contributed by atoms with van der Waals surface area (Å²) >= 11 is 7.56. The van der Waals surface area contributed by atoms with Gasteiger partial charge in [-0.25, -0.2) is 8.42 Å². The third-order valence-electron chi connectivity index (χ3n) is 5.50. The highest BCUT2D eigenvalue weighted by molar-refractivity contribution is 7.92. The number of hydrogen-bond donors (Lipinski definition) is 0. The molecule has 2 heterocycles. The first-order valence-electron chi connectivity index (χ1n) is 9.96. The molecule has 0 aliphatic carbocycles. The van der Waals surface area contributed by atoms with E-state index >= 15 is 0 Å². The number of nitrogens with zero attached hydrogens (tertiary/aromatic N) is 2. The zero-order chi connectivity index (χ0) is 22.2. The molecule has 1 aromatic heterocycles. The number of fused-ring (bicyclic) bond motifs is 1. The van der Waals surface area contributed by atoms with Crippen LogP contribution in [0.1, 0.15) is 28.9 Å². The van der Waals surface area contributed by atoms with Crippen LogP contribution in [0.15, 0.2) is 47.4 Å². The zero-order valence-electron chi connectivity index (χ0n) is 17.3. The normalized spacial score (nSPS) is 14.6. The number of thiophene rings is 1. The first kappa shape index (κ1) is 21.9. The lowest BCUT2D eigenvalue weighted by Crippen LogP contribution is -2.35. The average molecular weight is 479 g/mol. The summed E-state index contributed by atoms with van der Waals surface area (Å²) in [6, 6.07) is 11.6. The summed E-state index contributed by atoms with van der Waals surface area (Å²) in [5, 5.41) is 1.07. The number of halogens is 1. The van der Waals surface area contributed by atoms with E-state index in [9.17, 15) is 13.2 Å². The van der Waals surface area contributed by atoms with Gasteiger partial charge in [-0.3, -0.25) is 9.10 Å². The van der Waals surface area contributed by atoms with Crippen molar-refractivity contribution in [1.82, 2.24) is 4.90 Å². The Morgan fingerprint density at radius 1 is 1.10 bits per heavy atom. The minimum absolute atomic E-state index is 0.0521. The SMILES string of the molecule is COc1ccc(S(=O)(=O)N(C)c2ccc3sc(C(=O)N4CCCCC4)cc3c2)cc1Cl. The van der Waals surface area contributed by atoms with Crippen molar-refractivity contribution in [2.24, 2.45) is 0 Å². The van der Waals surface area contributed by atoms with Crippen molar-refractivity contribution in [3.8, 4) is 5.75 Å². The van der Waals surface area contributed by atoms with Gasteiger partial charge >= 0.3 is 0 Å². The standard InChI is InChI=1S/C22H23ClN2O4S2/c1-24(31(27,28)17-7-8-19(29-2)18(23)14-17)16-6-9-20-15(12-16)13-21(30-20)22(26)25-10-4-3-5-11-25/h6-9,12-14H,3-5,10-11H2,1-2H3. The van der Waals surface area contributed by atoms with Crippen molar-refractivity contribution in [3.05, 3.63) is 52.4 Å². The molecule has 0 saturated carbocycles. The van der Waals surface area contributed by atoms with E-state index in [1.54, 1.807) is 12.1 Å². The molecule has 0 unspecified atom stereocenters. The molecule has 0 atom stereocenters. The molecule has 1 aliphatic heterocycles. The average Bonchev–Trinajstić information content (AvgIpc) is 3.22. The molecular weight excluding hydrogens is 456 g/mol. The summed E-state index contributed by atoms with van der Waals surface area (Å²) in [5.41, 5.74) is 0.509. The molecule has 0 bridgehead atoms.